The fourth-order valence-electron chi connectivity index (χ4n) is 0.922. The van der Waals surface area contributed by atoms with Gasteiger partial charge in [0, 0.05) is 13.1 Å². The number of rotatable bonds is 1. The number of nitrogens with zero attached hydrogens (tertiary/aromatic N) is 1. The second kappa shape index (κ2) is 3.05. The van der Waals surface area contributed by atoms with Crippen molar-refractivity contribution in [2.24, 2.45) is 0 Å². The van der Waals surface area contributed by atoms with Crippen LogP contribution in [0.4, 0.5) is 0 Å². The Kier molecular flexibility index (Phi) is 2.63. The van der Waals surface area contributed by atoms with Gasteiger partial charge in [0.05, 0.1) is 0 Å². The minimum absolute atomic E-state index is 0.0120. The van der Waals surface area contributed by atoms with Gasteiger partial charge in [-0.1, -0.05) is 9.24 Å². The van der Waals surface area contributed by atoms with Crippen molar-refractivity contribution in [2.45, 2.75) is 11.4 Å². The molecule has 0 bridgehead atoms. The summed E-state index contributed by atoms with van der Waals surface area (Å²) in [6, 6.07) is 0. The predicted octanol–water partition coefficient (Wildman–Crippen LogP) is -1.64. The first-order valence-corrected chi connectivity index (χ1v) is 4.63. The predicted molar refractivity (Wildman–Crippen MR) is 43.0 cm³/mol. The van der Waals surface area contributed by atoms with E-state index in [-0.39, 0.29) is 13.1 Å². The quantitative estimate of drug-likeness (QED) is 0.349. The second-order valence-electron chi connectivity index (χ2n) is 2.56. The lowest BCUT2D eigenvalue weighted by molar-refractivity contribution is 0.0300. The van der Waals surface area contributed by atoms with Gasteiger partial charge >= 0.3 is 0 Å². The largest absolute Gasteiger partial charge is 0.388 e. The monoisotopic (exact) mass is 199 g/mol. The summed E-state index contributed by atoms with van der Waals surface area (Å²) >= 11 is -2.11. The Bertz CT molecular complexity index is 187. The number of aliphatic hydroxyl groups is 2. The van der Waals surface area contributed by atoms with Crippen molar-refractivity contribution in [1.82, 2.24) is 4.31 Å². The molecular formula is C4H10NO4PS. The molecule has 4 unspecified atom stereocenters. The maximum atomic E-state index is 10.4. The maximum Gasteiger partial charge on any atom is 0.234 e. The van der Waals surface area contributed by atoms with Crippen molar-refractivity contribution < 1.29 is 19.0 Å². The first kappa shape index (κ1) is 9.51. The van der Waals surface area contributed by atoms with E-state index in [0.717, 1.165) is 4.31 Å². The van der Waals surface area contributed by atoms with Crippen molar-refractivity contribution in [1.29, 1.82) is 0 Å². The first-order chi connectivity index (χ1) is 4.93. The van der Waals surface area contributed by atoms with Crippen LogP contribution in [0.2, 0.25) is 0 Å². The molecule has 0 aromatic carbocycles. The van der Waals surface area contributed by atoms with Crippen LogP contribution in [0.25, 0.3) is 0 Å². The van der Waals surface area contributed by atoms with E-state index in [0.29, 0.717) is 0 Å². The molecule has 4 atom stereocenters. The Labute approximate surface area is 69.0 Å². The fourth-order valence-corrected chi connectivity index (χ4v) is 1.97. The molecule has 0 aromatic heterocycles. The van der Waals surface area contributed by atoms with Gasteiger partial charge in [0.1, 0.15) is 11.4 Å². The molecule has 1 aliphatic rings. The van der Waals surface area contributed by atoms with Gasteiger partial charge in [0.15, 0.2) is 0 Å². The van der Waals surface area contributed by atoms with Gasteiger partial charge in [0.2, 0.25) is 11.3 Å². The molecular weight excluding hydrogens is 189 g/mol. The van der Waals surface area contributed by atoms with Crippen molar-refractivity contribution in [2.75, 3.05) is 13.1 Å². The minimum atomic E-state index is -2.11. The summed E-state index contributed by atoms with van der Waals surface area (Å²) in [5, 5.41) is 17.1. The molecule has 1 heterocycles. The van der Waals surface area contributed by atoms with Crippen LogP contribution >= 0.6 is 9.24 Å². The van der Waals surface area contributed by atoms with Crippen molar-refractivity contribution >= 4 is 20.5 Å². The molecule has 0 aromatic rings. The van der Waals surface area contributed by atoms with Crippen LogP contribution in [-0.2, 0) is 11.3 Å². The third-order valence-corrected chi connectivity index (χ3v) is 2.89. The summed E-state index contributed by atoms with van der Waals surface area (Å²) in [5.41, 5.74) is 0. The average molecular weight is 199 g/mol. The summed E-state index contributed by atoms with van der Waals surface area (Å²) in [5.74, 6) is 0. The first-order valence-electron chi connectivity index (χ1n) is 2.99. The number of aliphatic hydroxyl groups excluding tert-OH is 1. The molecule has 0 amide bonds. The maximum absolute atomic E-state index is 10.4. The molecule has 0 aliphatic carbocycles. The second-order valence-corrected chi connectivity index (χ2v) is 4.54. The zero-order valence-corrected chi connectivity index (χ0v) is 7.65. The smallest absolute Gasteiger partial charge is 0.234 e. The minimum Gasteiger partial charge on any atom is -0.388 e. The van der Waals surface area contributed by atoms with Crippen LogP contribution in [-0.4, -0.2) is 47.8 Å². The summed E-state index contributed by atoms with van der Waals surface area (Å²) in [6.45, 7) is 0.00502. The Morgan fingerprint density at radius 2 is 2.27 bits per heavy atom. The topological polar surface area (TPSA) is 81.0 Å². The lowest BCUT2D eigenvalue weighted by atomic mass is 10.2. The SMILES string of the molecule is O=S(O)N1CC(O)C(O)(P)C1. The Hall–Kier alpha value is 0.420. The molecule has 1 aliphatic heterocycles. The normalized spacial score (nSPS) is 42.7. The molecule has 66 valence electrons. The molecule has 7 heteroatoms. The van der Waals surface area contributed by atoms with Gasteiger partial charge in [0.25, 0.3) is 0 Å². The molecule has 1 fully saturated rings. The zero-order valence-electron chi connectivity index (χ0n) is 5.67. The average Bonchev–Trinajstić information content (AvgIpc) is 2.08. The lowest BCUT2D eigenvalue weighted by Crippen LogP contribution is -2.34. The van der Waals surface area contributed by atoms with E-state index < -0.39 is 22.7 Å². The molecule has 1 rings (SSSR count). The van der Waals surface area contributed by atoms with Gasteiger partial charge in [-0.3, -0.25) is 4.55 Å². The number of β-amino-alcohol motifs (C(OH)–C–C–N with tert-alkyl or cyclic N) is 2. The molecule has 11 heavy (non-hydrogen) atoms. The lowest BCUT2D eigenvalue weighted by Gasteiger charge is -2.18. The molecule has 5 nitrogen and oxygen atoms in total. The van der Waals surface area contributed by atoms with Gasteiger partial charge in [-0.15, -0.1) is 0 Å². The zero-order chi connectivity index (χ0) is 8.65. The van der Waals surface area contributed by atoms with Crippen LogP contribution in [0.1, 0.15) is 0 Å². The standard InChI is InChI=1S/C4H10NO4PS/c6-3-1-5(11(8)9)2-4(3,7)10/h3,6-7H,1-2,10H2,(H,8,9). The van der Waals surface area contributed by atoms with E-state index in [4.69, 9.17) is 9.66 Å². The Morgan fingerprint density at radius 3 is 2.45 bits per heavy atom. The molecule has 3 N–H and O–H groups in total. The number of hydrogen-bond donors (Lipinski definition) is 3. The Morgan fingerprint density at radius 1 is 1.73 bits per heavy atom. The van der Waals surface area contributed by atoms with Crippen molar-refractivity contribution in [3.63, 3.8) is 0 Å². The highest BCUT2D eigenvalue weighted by molar-refractivity contribution is 7.76. The highest BCUT2D eigenvalue weighted by Crippen LogP contribution is 2.28. The fraction of sp³-hybridized carbons (Fsp3) is 1.00. The summed E-state index contributed by atoms with van der Waals surface area (Å²) < 4.78 is 20.1. The highest BCUT2D eigenvalue weighted by Gasteiger charge is 2.42. The molecule has 0 saturated carbocycles. The van der Waals surface area contributed by atoms with E-state index in [9.17, 15) is 9.32 Å². The summed E-state index contributed by atoms with van der Waals surface area (Å²) in [4.78, 5) is 0. The molecule has 0 spiro atoms. The van der Waals surface area contributed by atoms with Gasteiger partial charge in [-0.25, -0.2) is 4.21 Å². The van der Waals surface area contributed by atoms with Crippen LogP contribution < -0.4 is 0 Å². The van der Waals surface area contributed by atoms with Gasteiger partial charge in [-0.2, -0.15) is 4.31 Å². The van der Waals surface area contributed by atoms with Crippen LogP contribution in [0, 0.1) is 0 Å². The van der Waals surface area contributed by atoms with Crippen molar-refractivity contribution in [3.05, 3.63) is 0 Å². The Balaban J connectivity index is 2.64. The highest BCUT2D eigenvalue weighted by atomic mass is 32.2. The third-order valence-electron chi connectivity index (χ3n) is 1.60. The molecule has 1 saturated heterocycles. The van der Waals surface area contributed by atoms with Gasteiger partial charge in [-0.05, 0) is 0 Å². The van der Waals surface area contributed by atoms with Gasteiger partial charge < -0.3 is 10.2 Å². The van der Waals surface area contributed by atoms with E-state index in [2.05, 4.69) is 9.24 Å². The third kappa shape index (κ3) is 1.96. The van der Waals surface area contributed by atoms with E-state index in [1.165, 1.54) is 0 Å². The van der Waals surface area contributed by atoms with Crippen LogP contribution in [0.3, 0.4) is 0 Å². The van der Waals surface area contributed by atoms with Crippen LogP contribution in [0.5, 0.6) is 0 Å². The van der Waals surface area contributed by atoms with E-state index in [1.54, 1.807) is 0 Å². The van der Waals surface area contributed by atoms with Crippen LogP contribution in [0.15, 0.2) is 0 Å². The summed E-state index contributed by atoms with van der Waals surface area (Å²) in [7, 11) is 2.06. The van der Waals surface area contributed by atoms with E-state index >= 15 is 0 Å². The van der Waals surface area contributed by atoms with Crippen molar-refractivity contribution in [3.8, 4) is 0 Å². The summed E-state index contributed by atoms with van der Waals surface area (Å²) in [6.07, 6.45) is -0.983. The van der Waals surface area contributed by atoms with E-state index in [1.807, 2.05) is 0 Å². The number of hydrogen-bond acceptors (Lipinski definition) is 3. The molecule has 0 radical (unpaired) electrons.